The quantitative estimate of drug-likeness (QED) is 0.283. The maximum atomic E-state index is 11.6. The van der Waals surface area contributed by atoms with Gasteiger partial charge in [-0.3, -0.25) is 15.0 Å². The van der Waals surface area contributed by atoms with Gasteiger partial charge in [0.05, 0.1) is 12.0 Å². The smallest absolute Gasteiger partial charge is 0.309 e. The molecule has 7 N–H and O–H groups in total. The van der Waals surface area contributed by atoms with Crippen LogP contribution in [0.15, 0.2) is 0 Å². The van der Waals surface area contributed by atoms with Crippen LogP contribution in [0.5, 0.6) is 0 Å². The molecule has 0 spiro atoms. The molecule has 0 bridgehead atoms. The van der Waals surface area contributed by atoms with Crippen LogP contribution in [0.25, 0.3) is 0 Å². The molecule has 0 aromatic carbocycles. The average Bonchev–Trinajstić information content (AvgIpc) is 2.74. The third-order valence-corrected chi connectivity index (χ3v) is 4.78. The lowest BCUT2D eigenvalue weighted by molar-refractivity contribution is -0.145. The number of hydrogen-bond acceptors (Lipinski definition) is 4. The zero-order chi connectivity index (χ0) is 17.7. The van der Waals surface area contributed by atoms with E-state index >= 15 is 0 Å². The fourth-order valence-electron chi connectivity index (χ4n) is 3.70. The van der Waals surface area contributed by atoms with Crippen LogP contribution in [0.2, 0.25) is 0 Å². The third-order valence-electron chi connectivity index (χ3n) is 4.78. The van der Waals surface area contributed by atoms with Crippen molar-refractivity contribution in [1.82, 2.24) is 10.6 Å². The highest BCUT2D eigenvalue weighted by Gasteiger charge is 2.50. The number of amides is 1. The van der Waals surface area contributed by atoms with Crippen LogP contribution in [0.1, 0.15) is 40.0 Å². The average molecular weight is 328 g/mol. The number of carboxylic acid groups (broad SMARTS) is 1. The molecule has 1 fully saturated rings. The minimum Gasteiger partial charge on any atom is -0.481 e. The van der Waals surface area contributed by atoms with E-state index in [1.165, 1.54) is 6.92 Å². The van der Waals surface area contributed by atoms with Gasteiger partial charge in [-0.25, -0.2) is 0 Å². The molecule has 0 radical (unpaired) electrons. The predicted molar refractivity (Wildman–Crippen MR) is 85.8 cm³/mol. The summed E-state index contributed by atoms with van der Waals surface area (Å²) in [4.78, 5) is 23.0. The van der Waals surface area contributed by atoms with Crippen molar-refractivity contribution in [2.75, 3.05) is 0 Å². The van der Waals surface area contributed by atoms with Crippen molar-refractivity contribution in [3.05, 3.63) is 0 Å². The molecule has 132 valence electrons. The zero-order valence-electron chi connectivity index (χ0n) is 13.9. The van der Waals surface area contributed by atoms with Gasteiger partial charge in [0, 0.05) is 24.9 Å². The summed E-state index contributed by atoms with van der Waals surface area (Å²) in [7, 11) is 0. The van der Waals surface area contributed by atoms with Crippen LogP contribution in [0.4, 0.5) is 0 Å². The van der Waals surface area contributed by atoms with Crippen molar-refractivity contribution in [2.45, 2.75) is 58.2 Å². The fraction of sp³-hybridized carbons (Fsp3) is 0.800. The monoisotopic (exact) mass is 328 g/mol. The van der Waals surface area contributed by atoms with Gasteiger partial charge in [-0.2, -0.15) is 0 Å². The van der Waals surface area contributed by atoms with Crippen molar-refractivity contribution < 1.29 is 19.8 Å². The Morgan fingerprint density at radius 1 is 1.35 bits per heavy atom. The summed E-state index contributed by atoms with van der Waals surface area (Å²) < 4.78 is 0. The molecule has 0 saturated heterocycles. The van der Waals surface area contributed by atoms with Crippen LogP contribution in [0, 0.1) is 23.2 Å². The number of carbonyl (C=O) groups is 2. The van der Waals surface area contributed by atoms with E-state index in [-0.39, 0.29) is 30.2 Å². The number of aliphatic carboxylic acids is 1. The van der Waals surface area contributed by atoms with E-state index in [1.807, 2.05) is 13.8 Å². The van der Waals surface area contributed by atoms with E-state index in [9.17, 15) is 19.8 Å². The number of carboxylic acids is 1. The van der Waals surface area contributed by atoms with E-state index < -0.39 is 30.0 Å². The first-order chi connectivity index (χ1) is 10.7. The van der Waals surface area contributed by atoms with E-state index in [1.54, 1.807) is 0 Å². The van der Waals surface area contributed by atoms with Crippen LogP contribution >= 0.6 is 0 Å². The lowest BCUT2D eigenvalue weighted by atomic mass is 9.80. The van der Waals surface area contributed by atoms with Gasteiger partial charge in [-0.1, -0.05) is 26.7 Å². The van der Waals surface area contributed by atoms with Crippen LogP contribution < -0.4 is 16.4 Å². The van der Waals surface area contributed by atoms with Crippen LogP contribution in [0.3, 0.4) is 0 Å². The van der Waals surface area contributed by atoms with E-state index in [4.69, 9.17) is 11.1 Å². The topological polar surface area (TPSA) is 149 Å². The normalized spacial score (nSPS) is 28.4. The number of guanidine groups is 1. The number of carbonyl (C=O) groups excluding carboxylic acids is 1. The second kappa shape index (κ2) is 8.14. The molecule has 0 aliphatic heterocycles. The molecule has 8 heteroatoms. The molecular formula is C15H28N4O4. The fourth-order valence-corrected chi connectivity index (χ4v) is 3.70. The minimum atomic E-state index is -1.11. The van der Waals surface area contributed by atoms with Gasteiger partial charge in [0.15, 0.2) is 5.96 Å². The van der Waals surface area contributed by atoms with Gasteiger partial charge in [0.1, 0.15) is 0 Å². The van der Waals surface area contributed by atoms with Crippen molar-refractivity contribution in [3.63, 3.8) is 0 Å². The van der Waals surface area contributed by atoms with Crippen LogP contribution in [-0.2, 0) is 9.59 Å². The molecule has 1 rings (SSSR count). The number of nitrogens with two attached hydrogens (primary N) is 1. The van der Waals surface area contributed by atoms with Crippen molar-refractivity contribution in [1.29, 1.82) is 5.41 Å². The molecule has 1 saturated carbocycles. The molecule has 1 aliphatic rings. The Kier molecular flexibility index (Phi) is 6.80. The molecule has 0 aromatic rings. The maximum absolute atomic E-state index is 11.6. The van der Waals surface area contributed by atoms with Crippen LogP contribution in [-0.4, -0.2) is 46.2 Å². The summed E-state index contributed by atoms with van der Waals surface area (Å²) >= 11 is 0. The minimum absolute atomic E-state index is 0.0994. The Balaban J connectivity index is 3.17. The number of aliphatic hydroxyl groups is 1. The predicted octanol–water partition coefficient (Wildman–Crippen LogP) is -0.139. The van der Waals surface area contributed by atoms with E-state index in [0.29, 0.717) is 0 Å². The SMILES string of the molecule is CCC(CC)C(NC(C)=O)[C@H]1[C@H](O)[C@@H](C(=O)O)C[C@H]1NC(=N)N. The van der Waals surface area contributed by atoms with Crippen molar-refractivity contribution in [3.8, 4) is 0 Å². The summed E-state index contributed by atoms with van der Waals surface area (Å²) in [5.74, 6) is -2.95. The molecule has 5 atom stereocenters. The molecule has 1 aliphatic carbocycles. The van der Waals surface area contributed by atoms with Gasteiger partial charge in [0.25, 0.3) is 0 Å². The molecule has 1 amide bonds. The summed E-state index contributed by atoms with van der Waals surface area (Å²) in [6, 6.07) is -0.847. The second-order valence-corrected chi connectivity index (χ2v) is 6.22. The van der Waals surface area contributed by atoms with Crippen molar-refractivity contribution in [2.24, 2.45) is 23.5 Å². The third kappa shape index (κ3) is 4.57. The standard InChI is InChI=1S/C15H28N4O4/c1-4-8(5-2)12(18-7(3)20)11-10(19-15(16)17)6-9(13(11)21)14(22)23/h8-13,21H,4-6H2,1-3H3,(H,18,20)(H,22,23)(H4,16,17,19)/t9-,10+,11-,12?,13+/m0/s1. The van der Waals surface area contributed by atoms with Gasteiger partial charge in [0.2, 0.25) is 5.91 Å². The largest absolute Gasteiger partial charge is 0.481 e. The summed E-state index contributed by atoms with van der Waals surface area (Å²) in [5.41, 5.74) is 5.40. The molecule has 1 unspecified atom stereocenters. The molecular weight excluding hydrogens is 300 g/mol. The second-order valence-electron chi connectivity index (χ2n) is 6.22. The summed E-state index contributed by atoms with van der Waals surface area (Å²) in [6.07, 6.45) is 0.628. The highest BCUT2D eigenvalue weighted by Crippen LogP contribution is 2.37. The summed E-state index contributed by atoms with van der Waals surface area (Å²) in [6.45, 7) is 5.39. The summed E-state index contributed by atoms with van der Waals surface area (Å²) in [5, 5.41) is 32.9. The molecule has 23 heavy (non-hydrogen) atoms. The lowest BCUT2D eigenvalue weighted by Gasteiger charge is -2.36. The Morgan fingerprint density at radius 3 is 2.30 bits per heavy atom. The first-order valence-electron chi connectivity index (χ1n) is 8.01. The molecule has 0 heterocycles. The maximum Gasteiger partial charge on any atom is 0.309 e. The Labute approximate surface area is 136 Å². The van der Waals surface area contributed by atoms with E-state index in [0.717, 1.165) is 12.8 Å². The van der Waals surface area contributed by atoms with Crippen molar-refractivity contribution >= 4 is 17.8 Å². The van der Waals surface area contributed by atoms with Gasteiger partial charge in [-0.15, -0.1) is 0 Å². The Hall–Kier alpha value is -1.83. The highest BCUT2D eigenvalue weighted by atomic mass is 16.4. The number of nitrogens with one attached hydrogen (secondary N) is 3. The first-order valence-corrected chi connectivity index (χ1v) is 8.01. The highest BCUT2D eigenvalue weighted by molar-refractivity contribution is 5.76. The number of rotatable bonds is 7. The first kappa shape index (κ1) is 19.2. The number of hydrogen-bond donors (Lipinski definition) is 6. The van der Waals surface area contributed by atoms with Gasteiger partial charge in [-0.05, 0) is 12.3 Å². The van der Waals surface area contributed by atoms with Gasteiger partial charge >= 0.3 is 5.97 Å². The zero-order valence-corrected chi connectivity index (χ0v) is 13.9. The van der Waals surface area contributed by atoms with Gasteiger partial charge < -0.3 is 26.6 Å². The lowest BCUT2D eigenvalue weighted by Crippen LogP contribution is -2.54. The van der Waals surface area contributed by atoms with E-state index in [2.05, 4.69) is 10.6 Å². The number of aliphatic hydroxyl groups excluding tert-OH is 1. The molecule has 8 nitrogen and oxygen atoms in total. The Morgan fingerprint density at radius 2 is 1.91 bits per heavy atom. The Bertz CT molecular complexity index is 453. The molecule has 0 aromatic heterocycles.